The van der Waals surface area contributed by atoms with Crippen LogP contribution in [0.4, 0.5) is 5.69 Å². The number of amides is 1. The van der Waals surface area contributed by atoms with Gasteiger partial charge in [0.1, 0.15) is 0 Å². The number of carbonyl (C=O) groups is 1. The first-order valence-corrected chi connectivity index (χ1v) is 9.24. The Morgan fingerprint density at radius 2 is 1.89 bits per heavy atom. The van der Waals surface area contributed by atoms with Gasteiger partial charge in [0, 0.05) is 25.2 Å². The minimum absolute atomic E-state index is 0.00226. The van der Waals surface area contributed by atoms with Crippen molar-refractivity contribution < 1.29 is 4.79 Å². The van der Waals surface area contributed by atoms with E-state index >= 15 is 0 Å². The van der Waals surface area contributed by atoms with Crippen LogP contribution in [0, 0.1) is 20.8 Å². The Hall–Kier alpha value is -2.95. The average Bonchev–Trinajstić information content (AvgIpc) is 2.65. The van der Waals surface area contributed by atoms with Crippen molar-refractivity contribution in [2.45, 2.75) is 40.7 Å². The number of aromatic nitrogens is 2. The van der Waals surface area contributed by atoms with Crippen LogP contribution in [0.15, 0.2) is 47.5 Å². The number of rotatable bonds is 5. The fourth-order valence-corrected chi connectivity index (χ4v) is 3.34. The Labute approximate surface area is 159 Å². The molecule has 1 aromatic heterocycles. The van der Waals surface area contributed by atoms with Gasteiger partial charge in [-0.05, 0) is 56.5 Å². The zero-order chi connectivity index (χ0) is 19.6. The van der Waals surface area contributed by atoms with Crippen molar-refractivity contribution in [3.05, 3.63) is 69.8 Å². The molecule has 0 spiro atoms. The molecular weight excluding hydrogens is 338 g/mol. The molecule has 27 heavy (non-hydrogen) atoms. The van der Waals surface area contributed by atoms with E-state index in [0.717, 1.165) is 27.9 Å². The summed E-state index contributed by atoms with van der Waals surface area (Å²) >= 11 is 0. The maximum Gasteiger partial charge on any atom is 0.261 e. The van der Waals surface area contributed by atoms with E-state index in [4.69, 9.17) is 0 Å². The lowest BCUT2D eigenvalue weighted by atomic mass is 10.1. The Kier molecular flexibility index (Phi) is 5.40. The van der Waals surface area contributed by atoms with E-state index in [9.17, 15) is 9.59 Å². The molecule has 0 saturated heterocycles. The van der Waals surface area contributed by atoms with Gasteiger partial charge in [-0.15, -0.1) is 0 Å². The second kappa shape index (κ2) is 7.74. The van der Waals surface area contributed by atoms with Gasteiger partial charge < -0.3 is 4.90 Å². The molecule has 1 heterocycles. The molecule has 0 unspecified atom stereocenters. The van der Waals surface area contributed by atoms with Crippen LogP contribution in [0.2, 0.25) is 0 Å². The van der Waals surface area contributed by atoms with Crippen LogP contribution in [-0.2, 0) is 11.3 Å². The van der Waals surface area contributed by atoms with Crippen LogP contribution in [0.3, 0.4) is 0 Å². The van der Waals surface area contributed by atoms with E-state index in [0.29, 0.717) is 18.5 Å². The first-order valence-electron chi connectivity index (χ1n) is 9.24. The van der Waals surface area contributed by atoms with Crippen LogP contribution < -0.4 is 10.5 Å². The molecule has 0 aliphatic heterocycles. The van der Waals surface area contributed by atoms with E-state index in [1.807, 2.05) is 58.0 Å². The number of fused-ring (bicyclic) bond motifs is 1. The molecule has 140 valence electrons. The molecule has 3 aromatic rings. The van der Waals surface area contributed by atoms with Gasteiger partial charge in [-0.1, -0.05) is 24.3 Å². The van der Waals surface area contributed by atoms with E-state index in [2.05, 4.69) is 4.98 Å². The molecule has 0 bridgehead atoms. The molecule has 0 radical (unpaired) electrons. The third kappa shape index (κ3) is 3.77. The number of hydrogen-bond acceptors (Lipinski definition) is 3. The van der Waals surface area contributed by atoms with E-state index in [-0.39, 0.29) is 17.9 Å². The highest BCUT2D eigenvalue weighted by molar-refractivity contribution is 5.94. The van der Waals surface area contributed by atoms with Crippen molar-refractivity contribution in [2.24, 2.45) is 0 Å². The van der Waals surface area contributed by atoms with Crippen molar-refractivity contribution >= 4 is 22.5 Å². The van der Waals surface area contributed by atoms with Crippen molar-refractivity contribution in [1.29, 1.82) is 0 Å². The highest BCUT2D eigenvalue weighted by Gasteiger charge is 2.16. The summed E-state index contributed by atoms with van der Waals surface area (Å²) in [6.45, 7) is 8.83. The first-order chi connectivity index (χ1) is 12.9. The van der Waals surface area contributed by atoms with Crippen LogP contribution >= 0.6 is 0 Å². The van der Waals surface area contributed by atoms with Crippen molar-refractivity contribution in [3.8, 4) is 0 Å². The molecule has 0 saturated carbocycles. The van der Waals surface area contributed by atoms with Crippen molar-refractivity contribution in [3.63, 3.8) is 0 Å². The molecule has 3 rings (SSSR count). The van der Waals surface area contributed by atoms with E-state index in [1.165, 1.54) is 4.57 Å². The predicted octanol–water partition coefficient (Wildman–Crippen LogP) is 3.76. The lowest BCUT2D eigenvalue weighted by Crippen LogP contribution is -2.33. The maximum absolute atomic E-state index is 12.8. The molecule has 0 aliphatic carbocycles. The molecule has 0 N–H and O–H groups in total. The summed E-state index contributed by atoms with van der Waals surface area (Å²) in [5, 5.41) is 0.590. The molecule has 2 aromatic carbocycles. The zero-order valence-electron chi connectivity index (χ0n) is 16.3. The largest absolute Gasteiger partial charge is 0.312 e. The molecule has 1 amide bonds. The summed E-state index contributed by atoms with van der Waals surface area (Å²) in [6, 6.07) is 11.7. The summed E-state index contributed by atoms with van der Waals surface area (Å²) in [5.74, 6) is 0.00226. The van der Waals surface area contributed by atoms with Gasteiger partial charge >= 0.3 is 0 Å². The normalized spacial score (nSPS) is 11.0. The fourth-order valence-electron chi connectivity index (χ4n) is 3.34. The van der Waals surface area contributed by atoms with Gasteiger partial charge in [-0.3, -0.25) is 14.2 Å². The quantitative estimate of drug-likeness (QED) is 0.693. The van der Waals surface area contributed by atoms with Crippen molar-refractivity contribution in [2.75, 3.05) is 11.4 Å². The molecule has 5 heteroatoms. The predicted molar refractivity (Wildman–Crippen MR) is 109 cm³/mol. The number of aryl methyl sites for hydroxylation is 4. The lowest BCUT2D eigenvalue weighted by Gasteiger charge is -2.23. The summed E-state index contributed by atoms with van der Waals surface area (Å²) in [5.41, 5.74) is 4.70. The van der Waals surface area contributed by atoms with Gasteiger partial charge in [0.2, 0.25) is 5.91 Å². The number of anilines is 1. The maximum atomic E-state index is 12.8. The van der Waals surface area contributed by atoms with E-state index in [1.54, 1.807) is 17.3 Å². The minimum Gasteiger partial charge on any atom is -0.312 e. The second-order valence-corrected chi connectivity index (χ2v) is 6.89. The molecule has 5 nitrogen and oxygen atoms in total. The topological polar surface area (TPSA) is 55.2 Å². The Morgan fingerprint density at radius 1 is 1.11 bits per heavy atom. The SMILES string of the molecule is CCN(C(=O)CCn1cnc2c(C)cccc2c1=O)c1cc(C)ccc1C. The van der Waals surface area contributed by atoms with E-state index < -0.39 is 0 Å². The second-order valence-electron chi connectivity index (χ2n) is 6.89. The van der Waals surface area contributed by atoms with Crippen LogP contribution in [-0.4, -0.2) is 22.0 Å². The van der Waals surface area contributed by atoms with Gasteiger partial charge in [0.25, 0.3) is 5.56 Å². The van der Waals surface area contributed by atoms with Gasteiger partial charge in [-0.2, -0.15) is 0 Å². The Morgan fingerprint density at radius 3 is 2.63 bits per heavy atom. The number of nitrogens with zero attached hydrogens (tertiary/aromatic N) is 3. The van der Waals surface area contributed by atoms with Crippen molar-refractivity contribution in [1.82, 2.24) is 9.55 Å². The van der Waals surface area contributed by atoms with Crippen LogP contribution in [0.5, 0.6) is 0 Å². The number of para-hydroxylation sites is 1. The smallest absolute Gasteiger partial charge is 0.261 e. The summed E-state index contributed by atoms with van der Waals surface area (Å²) in [6.07, 6.45) is 1.79. The van der Waals surface area contributed by atoms with Gasteiger partial charge in [-0.25, -0.2) is 4.98 Å². The number of hydrogen-bond donors (Lipinski definition) is 0. The van der Waals surface area contributed by atoms with Gasteiger partial charge in [0.15, 0.2) is 0 Å². The highest BCUT2D eigenvalue weighted by atomic mass is 16.2. The van der Waals surface area contributed by atoms with Crippen LogP contribution in [0.25, 0.3) is 10.9 Å². The zero-order valence-corrected chi connectivity index (χ0v) is 16.3. The summed E-state index contributed by atoms with van der Waals surface area (Å²) in [4.78, 5) is 31.7. The van der Waals surface area contributed by atoms with Gasteiger partial charge in [0.05, 0.1) is 17.2 Å². The standard InChI is InChI=1S/C22H25N3O2/c1-5-25(19-13-15(2)9-10-16(19)3)20(26)11-12-24-14-23-21-17(4)7-6-8-18(21)22(24)27/h6-10,13-14H,5,11-12H2,1-4H3. The average molecular weight is 363 g/mol. The van der Waals surface area contributed by atoms with Crippen LogP contribution in [0.1, 0.15) is 30.0 Å². The first kappa shape index (κ1) is 18.8. The number of benzene rings is 2. The third-order valence-corrected chi connectivity index (χ3v) is 4.89. The Bertz CT molecular complexity index is 1050. The summed E-state index contributed by atoms with van der Waals surface area (Å²) in [7, 11) is 0. The number of carbonyl (C=O) groups excluding carboxylic acids is 1. The summed E-state index contributed by atoms with van der Waals surface area (Å²) < 4.78 is 1.52. The lowest BCUT2D eigenvalue weighted by molar-refractivity contribution is -0.118. The fraction of sp³-hybridized carbons (Fsp3) is 0.318. The molecular formula is C22H25N3O2. The monoisotopic (exact) mass is 363 g/mol. The Balaban J connectivity index is 1.82. The minimum atomic E-state index is -0.105. The molecule has 0 atom stereocenters. The third-order valence-electron chi connectivity index (χ3n) is 4.89. The molecule has 0 fully saturated rings. The highest BCUT2D eigenvalue weighted by Crippen LogP contribution is 2.22. The molecule has 0 aliphatic rings.